The number of nitrogens with zero attached hydrogens (tertiary/aromatic N) is 2. The van der Waals surface area contributed by atoms with Gasteiger partial charge in [0.05, 0.1) is 24.3 Å². The fourth-order valence-electron chi connectivity index (χ4n) is 3.07. The van der Waals surface area contributed by atoms with Crippen LogP contribution in [0.2, 0.25) is 5.02 Å². The van der Waals surface area contributed by atoms with Crippen LogP contribution in [-0.2, 0) is 17.6 Å². The maximum atomic E-state index is 6.07. The Hall–Kier alpha value is -1.10. The molecule has 2 aromatic heterocycles. The molecule has 0 radical (unpaired) electrons. The minimum atomic E-state index is 0.622. The average Bonchev–Trinajstić information content (AvgIpc) is 2.54. The predicted molar refractivity (Wildman–Crippen MR) is 74.7 cm³/mol. The van der Waals surface area contributed by atoms with Crippen molar-refractivity contribution in [3.8, 4) is 0 Å². The van der Waals surface area contributed by atoms with Crippen LogP contribution in [0.25, 0.3) is 11.0 Å². The van der Waals surface area contributed by atoms with E-state index < -0.39 is 0 Å². The second kappa shape index (κ2) is 4.47. The highest BCUT2D eigenvalue weighted by atomic mass is 35.5. The van der Waals surface area contributed by atoms with Crippen LogP contribution in [0.1, 0.15) is 11.3 Å². The molecule has 2 aliphatic heterocycles. The molecule has 0 aromatic carbocycles. The van der Waals surface area contributed by atoms with Crippen LogP contribution < -0.4 is 0 Å². The second-order valence-electron chi connectivity index (χ2n) is 5.36. The molecule has 4 rings (SSSR count). The number of hydrogen-bond acceptors (Lipinski definition) is 3. The number of rotatable bonds is 1. The Bertz CT molecular complexity index is 620. The van der Waals surface area contributed by atoms with Crippen LogP contribution in [0.15, 0.2) is 12.3 Å². The first kappa shape index (κ1) is 11.7. The third-order valence-electron chi connectivity index (χ3n) is 4.25. The van der Waals surface area contributed by atoms with Gasteiger partial charge in [0.1, 0.15) is 5.65 Å². The van der Waals surface area contributed by atoms with Gasteiger partial charge >= 0.3 is 0 Å². The fourth-order valence-corrected chi connectivity index (χ4v) is 3.23. The molecule has 5 heteroatoms. The van der Waals surface area contributed by atoms with Gasteiger partial charge in [0.25, 0.3) is 0 Å². The van der Waals surface area contributed by atoms with E-state index in [-0.39, 0.29) is 0 Å². The quantitative estimate of drug-likeness (QED) is 0.867. The fraction of sp³-hybridized carbons (Fsp3) is 0.500. The molecule has 0 spiro atoms. The van der Waals surface area contributed by atoms with Gasteiger partial charge in [0, 0.05) is 36.8 Å². The van der Waals surface area contributed by atoms with Gasteiger partial charge in [-0.25, -0.2) is 4.98 Å². The molecular formula is C14H16ClN3O. The maximum Gasteiger partial charge on any atom is 0.137 e. The maximum absolute atomic E-state index is 6.07. The zero-order valence-electron chi connectivity index (χ0n) is 10.7. The highest BCUT2D eigenvalue weighted by Gasteiger charge is 2.28. The van der Waals surface area contributed by atoms with Crippen molar-refractivity contribution in [1.29, 1.82) is 0 Å². The molecule has 0 atom stereocenters. The minimum absolute atomic E-state index is 0.622. The lowest BCUT2D eigenvalue weighted by Gasteiger charge is -2.36. The van der Waals surface area contributed by atoms with E-state index in [1.807, 2.05) is 6.07 Å². The summed E-state index contributed by atoms with van der Waals surface area (Å²) in [6.07, 6.45) is 3.82. The summed E-state index contributed by atoms with van der Waals surface area (Å²) in [7, 11) is 0. The number of hydrogen-bond donors (Lipinski definition) is 1. The van der Waals surface area contributed by atoms with Crippen molar-refractivity contribution < 1.29 is 4.74 Å². The largest absolute Gasteiger partial charge is 0.378 e. The molecule has 1 fully saturated rings. The molecule has 1 saturated heterocycles. The number of pyridine rings is 1. The van der Waals surface area contributed by atoms with Crippen molar-refractivity contribution in [3.63, 3.8) is 0 Å². The lowest BCUT2D eigenvalue weighted by molar-refractivity contribution is -0.0634. The predicted octanol–water partition coefficient (Wildman–Crippen LogP) is 2.02. The molecular weight excluding hydrogens is 262 g/mol. The van der Waals surface area contributed by atoms with Crippen LogP contribution in [0.5, 0.6) is 0 Å². The van der Waals surface area contributed by atoms with Crippen molar-refractivity contribution in [1.82, 2.24) is 14.9 Å². The van der Waals surface area contributed by atoms with E-state index in [0.29, 0.717) is 11.1 Å². The van der Waals surface area contributed by atoms with Gasteiger partial charge in [-0.2, -0.15) is 0 Å². The lowest BCUT2D eigenvalue weighted by atomic mass is 10.1. The number of nitrogens with one attached hydrogen (secondary N) is 1. The van der Waals surface area contributed by atoms with Crippen LogP contribution in [-0.4, -0.2) is 47.2 Å². The number of aromatic amines is 1. The van der Waals surface area contributed by atoms with Crippen molar-refractivity contribution in [2.45, 2.75) is 18.9 Å². The molecule has 0 saturated carbocycles. The molecule has 0 unspecified atom stereocenters. The topological polar surface area (TPSA) is 41.2 Å². The van der Waals surface area contributed by atoms with Gasteiger partial charge in [0.2, 0.25) is 0 Å². The summed E-state index contributed by atoms with van der Waals surface area (Å²) < 4.78 is 5.30. The molecule has 2 aliphatic rings. The van der Waals surface area contributed by atoms with Gasteiger partial charge in [0.15, 0.2) is 0 Å². The first-order chi connectivity index (χ1) is 9.31. The number of halogens is 1. The summed E-state index contributed by atoms with van der Waals surface area (Å²) in [5.41, 5.74) is 3.69. The summed E-state index contributed by atoms with van der Waals surface area (Å²) in [6.45, 7) is 3.98. The average molecular weight is 278 g/mol. The van der Waals surface area contributed by atoms with E-state index in [4.69, 9.17) is 16.3 Å². The Labute approximate surface area is 116 Å². The zero-order chi connectivity index (χ0) is 12.8. The van der Waals surface area contributed by atoms with Crippen molar-refractivity contribution >= 4 is 22.6 Å². The van der Waals surface area contributed by atoms with E-state index in [1.165, 1.54) is 16.6 Å². The standard InChI is InChI=1S/C14H16ClN3O/c15-9-5-12-11-1-3-18(10-7-19-8-10)4-2-13(11)17-14(12)16-6-9/h5-6,10H,1-4,7-8H2,(H,16,17). The van der Waals surface area contributed by atoms with Gasteiger partial charge in [-0.15, -0.1) is 0 Å². The third kappa shape index (κ3) is 1.95. The summed E-state index contributed by atoms with van der Waals surface area (Å²) >= 11 is 6.07. The first-order valence-electron chi connectivity index (χ1n) is 6.78. The van der Waals surface area contributed by atoms with Crippen molar-refractivity contribution in [2.75, 3.05) is 26.3 Å². The van der Waals surface area contributed by atoms with E-state index in [2.05, 4.69) is 14.9 Å². The highest BCUT2D eigenvalue weighted by Crippen LogP contribution is 2.27. The molecule has 100 valence electrons. The summed E-state index contributed by atoms with van der Waals surface area (Å²) in [4.78, 5) is 10.4. The van der Waals surface area contributed by atoms with E-state index >= 15 is 0 Å². The van der Waals surface area contributed by atoms with Gasteiger partial charge < -0.3 is 9.72 Å². The Morgan fingerprint density at radius 1 is 1.32 bits per heavy atom. The Morgan fingerprint density at radius 2 is 2.16 bits per heavy atom. The van der Waals surface area contributed by atoms with Crippen LogP contribution >= 0.6 is 11.6 Å². The van der Waals surface area contributed by atoms with Crippen LogP contribution in [0.3, 0.4) is 0 Å². The van der Waals surface area contributed by atoms with Crippen LogP contribution in [0, 0.1) is 0 Å². The van der Waals surface area contributed by atoms with E-state index in [1.54, 1.807) is 6.20 Å². The third-order valence-corrected chi connectivity index (χ3v) is 4.45. The SMILES string of the molecule is Clc1cnc2[nH]c3c(c2c1)CCN(C1COC1)CC3. The van der Waals surface area contributed by atoms with Gasteiger partial charge in [-0.3, -0.25) is 4.90 Å². The molecule has 19 heavy (non-hydrogen) atoms. The van der Waals surface area contributed by atoms with Crippen molar-refractivity contribution in [3.05, 3.63) is 28.5 Å². The number of aromatic nitrogens is 2. The highest BCUT2D eigenvalue weighted by molar-refractivity contribution is 6.31. The van der Waals surface area contributed by atoms with Crippen LogP contribution in [0.4, 0.5) is 0 Å². The molecule has 2 aromatic rings. The van der Waals surface area contributed by atoms with E-state index in [9.17, 15) is 0 Å². The number of ether oxygens (including phenoxy) is 1. The Kier molecular flexibility index (Phi) is 2.76. The Balaban J connectivity index is 1.67. The Morgan fingerprint density at radius 3 is 2.95 bits per heavy atom. The monoisotopic (exact) mass is 277 g/mol. The van der Waals surface area contributed by atoms with E-state index in [0.717, 1.165) is 44.8 Å². The molecule has 0 bridgehead atoms. The van der Waals surface area contributed by atoms with Crippen molar-refractivity contribution in [2.24, 2.45) is 0 Å². The van der Waals surface area contributed by atoms with Gasteiger partial charge in [-0.1, -0.05) is 11.6 Å². The summed E-state index contributed by atoms with van der Waals surface area (Å²) in [5.74, 6) is 0. The summed E-state index contributed by atoms with van der Waals surface area (Å²) in [5, 5.41) is 1.90. The normalized spacial score (nSPS) is 21.1. The molecule has 4 nitrogen and oxygen atoms in total. The number of fused-ring (bicyclic) bond motifs is 3. The molecule has 1 N–H and O–H groups in total. The lowest BCUT2D eigenvalue weighted by Crippen LogP contribution is -2.49. The van der Waals surface area contributed by atoms with Gasteiger partial charge in [-0.05, 0) is 18.1 Å². The molecule has 4 heterocycles. The zero-order valence-corrected chi connectivity index (χ0v) is 11.4. The second-order valence-corrected chi connectivity index (χ2v) is 5.80. The summed E-state index contributed by atoms with van der Waals surface area (Å²) in [6, 6.07) is 2.65. The number of H-pyrrole nitrogens is 1. The smallest absolute Gasteiger partial charge is 0.137 e. The molecule has 0 amide bonds. The molecule has 0 aliphatic carbocycles. The minimum Gasteiger partial charge on any atom is -0.378 e. The first-order valence-corrected chi connectivity index (χ1v) is 7.16.